The van der Waals surface area contributed by atoms with Gasteiger partial charge in [-0.15, -0.1) is 0 Å². The van der Waals surface area contributed by atoms with Crippen molar-refractivity contribution < 1.29 is 22.8 Å². The normalized spacial score (nSPS) is 17.4. The molecule has 2 aromatic carbocycles. The second-order valence-corrected chi connectivity index (χ2v) is 7.76. The van der Waals surface area contributed by atoms with Crippen LogP contribution in [0.15, 0.2) is 58.1 Å². The number of aryl methyl sites for hydroxylation is 1. The zero-order valence-electron chi connectivity index (χ0n) is 16.7. The fourth-order valence-electron chi connectivity index (χ4n) is 3.64. The lowest BCUT2D eigenvalue weighted by atomic mass is 9.91. The number of aromatic amines is 1. The molecule has 12 heteroatoms. The van der Waals surface area contributed by atoms with Gasteiger partial charge in [0.25, 0.3) is 22.9 Å². The number of hydrogen-bond acceptors (Lipinski definition) is 4. The van der Waals surface area contributed by atoms with E-state index in [4.69, 9.17) is 11.6 Å². The van der Waals surface area contributed by atoms with Gasteiger partial charge in [0.1, 0.15) is 11.4 Å². The number of rotatable bonds is 3. The summed E-state index contributed by atoms with van der Waals surface area (Å²) in [5.74, 6) is -3.68. The summed E-state index contributed by atoms with van der Waals surface area (Å²) in [5.41, 5.74) is -6.99. The maximum atomic E-state index is 14.4. The Hall–Kier alpha value is -3.86. The van der Waals surface area contributed by atoms with Gasteiger partial charge in [-0.05, 0) is 43.3 Å². The van der Waals surface area contributed by atoms with Crippen LogP contribution in [0.25, 0.3) is 5.69 Å². The maximum Gasteiger partial charge on any atom is 0.425 e. The molecule has 2 heterocycles. The molecule has 0 fully saturated rings. The van der Waals surface area contributed by atoms with E-state index in [-0.39, 0.29) is 16.3 Å². The first-order chi connectivity index (χ1) is 15.5. The Morgan fingerprint density at radius 1 is 1.09 bits per heavy atom. The molecule has 2 amide bonds. The van der Waals surface area contributed by atoms with Gasteiger partial charge in [0.05, 0.1) is 5.69 Å². The molecule has 4 rings (SSSR count). The van der Waals surface area contributed by atoms with Crippen LogP contribution in [0.1, 0.15) is 21.5 Å². The van der Waals surface area contributed by atoms with Crippen molar-refractivity contribution >= 4 is 29.2 Å². The van der Waals surface area contributed by atoms with Crippen molar-refractivity contribution in [3.05, 3.63) is 91.1 Å². The SMILES string of the molecule is Cc1cccc(C(=O)N[C@@]2(C(F)(F)F)C(=O)Nc3c2c(=O)[nH]c(=O)n3-c2ccc(Cl)cc2)c1. The van der Waals surface area contributed by atoms with Gasteiger partial charge in [0.15, 0.2) is 0 Å². The third kappa shape index (κ3) is 3.50. The second kappa shape index (κ2) is 7.62. The molecule has 0 aliphatic carbocycles. The predicted octanol–water partition coefficient (Wildman–Crippen LogP) is 2.63. The van der Waals surface area contributed by atoms with E-state index in [9.17, 15) is 32.3 Å². The third-order valence-corrected chi connectivity index (χ3v) is 5.40. The number of carbonyl (C=O) groups excluding carboxylic acids is 2. The van der Waals surface area contributed by atoms with E-state index < -0.39 is 46.2 Å². The maximum absolute atomic E-state index is 14.4. The number of amides is 2. The Kier molecular flexibility index (Phi) is 5.16. The molecule has 0 radical (unpaired) electrons. The molecule has 8 nitrogen and oxygen atoms in total. The molecule has 1 aliphatic heterocycles. The molecule has 3 aromatic rings. The van der Waals surface area contributed by atoms with Crippen LogP contribution in [0.3, 0.4) is 0 Å². The molecule has 0 unspecified atom stereocenters. The number of nitrogens with one attached hydrogen (secondary N) is 3. The van der Waals surface area contributed by atoms with Gasteiger partial charge in [0, 0.05) is 10.6 Å². The number of anilines is 1. The van der Waals surface area contributed by atoms with Gasteiger partial charge < -0.3 is 10.6 Å². The van der Waals surface area contributed by atoms with Crippen molar-refractivity contribution in [1.82, 2.24) is 14.9 Å². The summed E-state index contributed by atoms with van der Waals surface area (Å²) in [7, 11) is 0. The molecule has 170 valence electrons. The zero-order chi connectivity index (χ0) is 24.1. The smallest absolute Gasteiger partial charge is 0.326 e. The summed E-state index contributed by atoms with van der Waals surface area (Å²) in [5, 5.41) is 3.94. The van der Waals surface area contributed by atoms with E-state index in [1.807, 2.05) is 5.32 Å². The summed E-state index contributed by atoms with van der Waals surface area (Å²) in [6, 6.07) is 11.0. The van der Waals surface area contributed by atoms with E-state index in [1.54, 1.807) is 23.3 Å². The highest BCUT2D eigenvalue weighted by Gasteiger charge is 2.68. The van der Waals surface area contributed by atoms with E-state index >= 15 is 0 Å². The molecule has 0 saturated carbocycles. The highest BCUT2D eigenvalue weighted by Crippen LogP contribution is 2.45. The molecule has 1 aromatic heterocycles. The van der Waals surface area contributed by atoms with Crippen molar-refractivity contribution in [1.29, 1.82) is 0 Å². The van der Waals surface area contributed by atoms with Crippen LogP contribution < -0.4 is 21.9 Å². The van der Waals surface area contributed by atoms with Gasteiger partial charge in [0.2, 0.25) is 0 Å². The monoisotopic (exact) mass is 478 g/mol. The van der Waals surface area contributed by atoms with Gasteiger partial charge in [-0.3, -0.25) is 19.4 Å². The van der Waals surface area contributed by atoms with Crippen molar-refractivity contribution in [3.63, 3.8) is 0 Å². The molecular weight excluding hydrogens is 465 g/mol. The first kappa shape index (κ1) is 22.3. The third-order valence-electron chi connectivity index (χ3n) is 5.15. The largest absolute Gasteiger partial charge is 0.425 e. The van der Waals surface area contributed by atoms with Gasteiger partial charge in [-0.2, -0.15) is 13.2 Å². The quantitative estimate of drug-likeness (QED) is 0.537. The molecule has 0 bridgehead atoms. The van der Waals surface area contributed by atoms with Crippen LogP contribution in [0, 0.1) is 6.92 Å². The molecule has 1 atom stereocenters. The Morgan fingerprint density at radius 2 is 1.76 bits per heavy atom. The summed E-state index contributed by atoms with van der Waals surface area (Å²) < 4.78 is 44.0. The number of nitrogens with zero attached hydrogens (tertiary/aromatic N) is 1. The molecule has 3 N–H and O–H groups in total. The highest BCUT2D eigenvalue weighted by atomic mass is 35.5. The van der Waals surface area contributed by atoms with Gasteiger partial charge in [-0.25, -0.2) is 9.36 Å². The Morgan fingerprint density at radius 3 is 2.36 bits per heavy atom. The molecule has 0 saturated heterocycles. The molecular formula is C21H14ClF3N4O4. The average Bonchev–Trinajstić information content (AvgIpc) is 3.02. The van der Waals surface area contributed by atoms with Crippen molar-refractivity contribution in [2.24, 2.45) is 0 Å². The highest BCUT2D eigenvalue weighted by molar-refractivity contribution is 6.30. The van der Waals surface area contributed by atoms with E-state index in [0.717, 1.165) is 0 Å². The van der Waals surface area contributed by atoms with Crippen LogP contribution in [0.4, 0.5) is 19.0 Å². The van der Waals surface area contributed by atoms with Crippen LogP contribution in [0.5, 0.6) is 0 Å². The van der Waals surface area contributed by atoms with Gasteiger partial charge in [-0.1, -0.05) is 29.3 Å². The summed E-state index contributed by atoms with van der Waals surface area (Å²) >= 11 is 5.83. The first-order valence-electron chi connectivity index (χ1n) is 9.39. The fraction of sp³-hybridized carbons (Fsp3) is 0.143. The number of fused-ring (bicyclic) bond motifs is 1. The van der Waals surface area contributed by atoms with Gasteiger partial charge >= 0.3 is 11.9 Å². The van der Waals surface area contributed by atoms with E-state index in [1.165, 1.54) is 42.5 Å². The topological polar surface area (TPSA) is 113 Å². The average molecular weight is 479 g/mol. The standard InChI is InChI=1S/C21H14ClF3N4O4/c1-10-3-2-4-11(9-10)16(30)28-20(21(23,24)25)14-15(26-18(20)32)29(19(33)27-17(14)31)13-7-5-12(22)6-8-13/h2-9H,1H3,(H,26,32)(H,28,30)(H,27,31,33)/t20-/m1/s1. The van der Waals surface area contributed by atoms with Crippen molar-refractivity contribution in [2.75, 3.05) is 5.32 Å². The number of alkyl halides is 3. The number of hydrogen-bond donors (Lipinski definition) is 3. The lowest BCUT2D eigenvalue weighted by Crippen LogP contribution is -2.62. The molecule has 1 aliphatic rings. The Bertz CT molecular complexity index is 1410. The van der Waals surface area contributed by atoms with Crippen molar-refractivity contribution in [3.8, 4) is 5.69 Å². The number of halogens is 4. The van der Waals surface area contributed by atoms with Crippen LogP contribution in [-0.2, 0) is 10.3 Å². The molecule has 33 heavy (non-hydrogen) atoms. The molecule has 0 spiro atoms. The van der Waals surface area contributed by atoms with E-state index in [2.05, 4.69) is 0 Å². The minimum absolute atomic E-state index is 0.0279. The Labute approximate surface area is 188 Å². The minimum atomic E-state index is -5.43. The second-order valence-electron chi connectivity index (χ2n) is 7.32. The van der Waals surface area contributed by atoms with Crippen LogP contribution >= 0.6 is 11.6 Å². The number of carbonyl (C=O) groups is 2. The minimum Gasteiger partial charge on any atom is -0.326 e. The lowest BCUT2D eigenvalue weighted by Gasteiger charge is -2.30. The number of H-pyrrole nitrogens is 1. The van der Waals surface area contributed by atoms with E-state index in [0.29, 0.717) is 10.1 Å². The number of aromatic nitrogens is 2. The van der Waals surface area contributed by atoms with Crippen LogP contribution in [-0.4, -0.2) is 27.5 Å². The summed E-state index contributed by atoms with van der Waals surface area (Å²) in [4.78, 5) is 52.4. The Balaban J connectivity index is 1.97. The van der Waals surface area contributed by atoms with Crippen LogP contribution in [0.2, 0.25) is 5.02 Å². The fourth-order valence-corrected chi connectivity index (χ4v) is 3.77. The zero-order valence-corrected chi connectivity index (χ0v) is 17.5. The lowest BCUT2D eigenvalue weighted by molar-refractivity contribution is -0.196. The first-order valence-corrected chi connectivity index (χ1v) is 9.76. The predicted molar refractivity (Wildman–Crippen MR) is 113 cm³/mol. The van der Waals surface area contributed by atoms with Crippen molar-refractivity contribution in [2.45, 2.75) is 18.6 Å². The number of benzene rings is 2. The summed E-state index contributed by atoms with van der Waals surface area (Å²) in [6.45, 7) is 1.63. The summed E-state index contributed by atoms with van der Waals surface area (Å²) in [6.07, 6.45) is -5.43.